The zero-order valence-electron chi connectivity index (χ0n) is 15.1. The van der Waals surface area contributed by atoms with Crippen molar-refractivity contribution in [3.63, 3.8) is 0 Å². The van der Waals surface area contributed by atoms with Gasteiger partial charge in [-0.05, 0) is 48.4 Å². The second-order valence-corrected chi connectivity index (χ2v) is 6.42. The third-order valence-corrected chi connectivity index (χ3v) is 4.45. The van der Waals surface area contributed by atoms with Crippen molar-refractivity contribution in [1.29, 1.82) is 0 Å². The Labute approximate surface area is 163 Å². The van der Waals surface area contributed by atoms with Crippen molar-refractivity contribution in [2.24, 2.45) is 0 Å². The van der Waals surface area contributed by atoms with Crippen LogP contribution in [0.2, 0.25) is 5.02 Å². The minimum atomic E-state index is -0.255. The third-order valence-electron chi connectivity index (χ3n) is 4.16. The molecule has 0 radical (unpaired) electrons. The Hall–Kier alpha value is -3.05. The number of ether oxygens (including phenoxy) is 1. The van der Waals surface area contributed by atoms with Gasteiger partial charge in [-0.1, -0.05) is 35.9 Å². The van der Waals surface area contributed by atoms with Crippen molar-refractivity contribution in [3.8, 4) is 5.75 Å². The number of halogens is 1. The number of methoxy groups -OCH3 is 1. The molecule has 0 atom stereocenters. The summed E-state index contributed by atoms with van der Waals surface area (Å²) in [5.41, 5.74) is 3.48. The van der Waals surface area contributed by atoms with Gasteiger partial charge in [0.15, 0.2) is 0 Å². The predicted molar refractivity (Wildman–Crippen MR) is 109 cm³/mol. The summed E-state index contributed by atoms with van der Waals surface area (Å²) in [6.45, 7) is 2.75. The van der Waals surface area contributed by atoms with Crippen molar-refractivity contribution < 1.29 is 9.53 Å². The normalized spacial score (nSPS) is 10.3. The number of anilines is 2. The molecule has 0 aliphatic carbocycles. The minimum Gasteiger partial charge on any atom is -0.495 e. The summed E-state index contributed by atoms with van der Waals surface area (Å²) in [6, 6.07) is 16.8. The monoisotopic (exact) mass is 381 g/mol. The van der Waals surface area contributed by atoms with Gasteiger partial charge in [0.2, 0.25) is 0 Å². The smallest absolute Gasteiger partial charge is 0.257 e. The van der Waals surface area contributed by atoms with Crippen LogP contribution in [0.3, 0.4) is 0 Å². The SMILES string of the molecule is COc1ccc(NC(=O)c2ccc(NCc3ccccc3C)nc2)cc1Cl. The molecule has 0 aliphatic rings. The first-order valence-corrected chi connectivity index (χ1v) is 8.84. The molecule has 1 amide bonds. The zero-order chi connectivity index (χ0) is 19.2. The average molecular weight is 382 g/mol. The van der Waals surface area contributed by atoms with Crippen molar-refractivity contribution in [2.45, 2.75) is 13.5 Å². The van der Waals surface area contributed by atoms with E-state index in [1.165, 1.54) is 11.1 Å². The lowest BCUT2D eigenvalue weighted by atomic mass is 10.1. The highest BCUT2D eigenvalue weighted by Crippen LogP contribution is 2.27. The van der Waals surface area contributed by atoms with Gasteiger partial charge < -0.3 is 15.4 Å². The Balaban J connectivity index is 1.62. The topological polar surface area (TPSA) is 63.2 Å². The van der Waals surface area contributed by atoms with Crippen LogP contribution in [-0.4, -0.2) is 18.0 Å². The molecule has 5 nitrogen and oxygen atoms in total. The number of nitrogens with one attached hydrogen (secondary N) is 2. The van der Waals surface area contributed by atoms with Crippen LogP contribution in [0, 0.1) is 6.92 Å². The predicted octanol–water partition coefficient (Wildman–Crippen LogP) is 4.92. The van der Waals surface area contributed by atoms with Crippen LogP contribution >= 0.6 is 11.6 Å². The van der Waals surface area contributed by atoms with E-state index in [4.69, 9.17) is 16.3 Å². The van der Waals surface area contributed by atoms with Gasteiger partial charge in [-0.25, -0.2) is 4.98 Å². The van der Waals surface area contributed by atoms with E-state index in [2.05, 4.69) is 34.7 Å². The Kier molecular flexibility index (Phi) is 5.94. The summed E-state index contributed by atoms with van der Waals surface area (Å²) in [5, 5.41) is 6.49. The maximum absolute atomic E-state index is 12.4. The van der Waals surface area contributed by atoms with E-state index in [1.807, 2.05) is 12.1 Å². The Morgan fingerprint density at radius 1 is 1.15 bits per heavy atom. The lowest BCUT2D eigenvalue weighted by Gasteiger charge is -2.10. The highest BCUT2D eigenvalue weighted by molar-refractivity contribution is 6.32. The second kappa shape index (κ2) is 8.56. The molecule has 27 heavy (non-hydrogen) atoms. The maximum atomic E-state index is 12.4. The number of carbonyl (C=O) groups is 1. The van der Waals surface area contributed by atoms with Crippen molar-refractivity contribution in [1.82, 2.24) is 4.98 Å². The summed E-state index contributed by atoms with van der Waals surface area (Å²) in [6.07, 6.45) is 1.54. The lowest BCUT2D eigenvalue weighted by Crippen LogP contribution is -2.12. The quantitative estimate of drug-likeness (QED) is 0.636. The van der Waals surface area contributed by atoms with Gasteiger partial charge in [0, 0.05) is 18.4 Å². The lowest BCUT2D eigenvalue weighted by molar-refractivity contribution is 0.102. The van der Waals surface area contributed by atoms with Gasteiger partial charge >= 0.3 is 0 Å². The number of benzene rings is 2. The number of aryl methyl sites for hydroxylation is 1. The second-order valence-electron chi connectivity index (χ2n) is 6.02. The van der Waals surface area contributed by atoms with Crippen LogP contribution < -0.4 is 15.4 Å². The number of pyridine rings is 1. The summed E-state index contributed by atoms with van der Waals surface area (Å²) in [5.74, 6) is 1.01. The molecular weight excluding hydrogens is 362 g/mol. The first kappa shape index (κ1) is 18.7. The Morgan fingerprint density at radius 2 is 1.96 bits per heavy atom. The van der Waals surface area contributed by atoms with E-state index in [0.29, 0.717) is 34.4 Å². The average Bonchev–Trinajstić information content (AvgIpc) is 2.68. The van der Waals surface area contributed by atoms with E-state index in [0.717, 1.165) is 0 Å². The summed E-state index contributed by atoms with van der Waals surface area (Å²) in [7, 11) is 1.54. The molecule has 0 bridgehead atoms. The summed E-state index contributed by atoms with van der Waals surface area (Å²) in [4.78, 5) is 16.7. The highest BCUT2D eigenvalue weighted by Gasteiger charge is 2.09. The fourth-order valence-corrected chi connectivity index (χ4v) is 2.83. The van der Waals surface area contributed by atoms with Gasteiger partial charge in [0.25, 0.3) is 5.91 Å². The first-order chi connectivity index (χ1) is 13.1. The molecule has 2 aromatic carbocycles. The molecule has 0 saturated heterocycles. The van der Waals surface area contributed by atoms with Gasteiger partial charge in [0.1, 0.15) is 11.6 Å². The van der Waals surface area contributed by atoms with Crippen molar-refractivity contribution >= 4 is 29.0 Å². The fourth-order valence-electron chi connectivity index (χ4n) is 2.57. The molecule has 2 N–H and O–H groups in total. The van der Waals surface area contributed by atoms with Crippen LogP contribution in [0.4, 0.5) is 11.5 Å². The molecule has 0 fully saturated rings. The van der Waals surface area contributed by atoms with Gasteiger partial charge in [0.05, 0.1) is 17.7 Å². The number of carbonyl (C=O) groups excluding carboxylic acids is 1. The van der Waals surface area contributed by atoms with Crippen molar-refractivity contribution in [3.05, 3.63) is 82.5 Å². The van der Waals surface area contributed by atoms with E-state index in [1.54, 1.807) is 43.6 Å². The van der Waals surface area contributed by atoms with Crippen LogP contribution in [0.1, 0.15) is 21.5 Å². The standard InChI is InChI=1S/C21H20ClN3O2/c1-14-5-3-4-6-15(14)12-23-20-10-7-16(13-24-20)21(26)25-17-8-9-19(27-2)18(22)11-17/h3-11,13H,12H2,1-2H3,(H,23,24)(H,25,26). The summed E-state index contributed by atoms with van der Waals surface area (Å²) < 4.78 is 5.10. The number of hydrogen-bond acceptors (Lipinski definition) is 4. The van der Waals surface area contributed by atoms with E-state index in [9.17, 15) is 4.79 Å². The number of rotatable bonds is 6. The number of aromatic nitrogens is 1. The van der Waals surface area contributed by atoms with Crippen molar-refractivity contribution in [2.75, 3.05) is 17.7 Å². The molecule has 6 heteroatoms. The first-order valence-electron chi connectivity index (χ1n) is 8.46. The van der Waals surface area contributed by atoms with Crippen LogP contribution in [0.5, 0.6) is 5.75 Å². The number of hydrogen-bond donors (Lipinski definition) is 2. The molecule has 1 heterocycles. The summed E-state index contributed by atoms with van der Waals surface area (Å²) >= 11 is 6.08. The maximum Gasteiger partial charge on any atom is 0.257 e. The highest BCUT2D eigenvalue weighted by atomic mass is 35.5. The van der Waals surface area contributed by atoms with E-state index < -0.39 is 0 Å². The van der Waals surface area contributed by atoms with E-state index in [-0.39, 0.29) is 5.91 Å². The third kappa shape index (κ3) is 4.77. The Bertz CT molecular complexity index is 942. The van der Waals surface area contributed by atoms with Crippen LogP contribution in [0.25, 0.3) is 0 Å². The van der Waals surface area contributed by atoms with Crippen LogP contribution in [-0.2, 0) is 6.54 Å². The molecule has 3 aromatic rings. The number of amides is 1. The Morgan fingerprint density at radius 3 is 2.63 bits per heavy atom. The molecule has 0 unspecified atom stereocenters. The fraction of sp³-hybridized carbons (Fsp3) is 0.143. The minimum absolute atomic E-state index is 0.255. The van der Waals surface area contributed by atoms with Gasteiger partial charge in [-0.15, -0.1) is 0 Å². The molecule has 138 valence electrons. The largest absolute Gasteiger partial charge is 0.495 e. The van der Waals surface area contributed by atoms with Gasteiger partial charge in [-0.2, -0.15) is 0 Å². The molecular formula is C21H20ClN3O2. The molecule has 0 aliphatic heterocycles. The molecule has 0 spiro atoms. The molecule has 1 aromatic heterocycles. The molecule has 0 saturated carbocycles. The van der Waals surface area contributed by atoms with E-state index >= 15 is 0 Å². The van der Waals surface area contributed by atoms with Crippen LogP contribution in [0.15, 0.2) is 60.8 Å². The van der Waals surface area contributed by atoms with Gasteiger partial charge in [-0.3, -0.25) is 4.79 Å². The number of nitrogens with zero attached hydrogens (tertiary/aromatic N) is 1. The molecule has 3 rings (SSSR count). The zero-order valence-corrected chi connectivity index (χ0v) is 15.9.